The highest BCUT2D eigenvalue weighted by molar-refractivity contribution is 6.34. The Morgan fingerprint density at radius 1 is 1.18 bits per heavy atom. The summed E-state index contributed by atoms with van der Waals surface area (Å²) in [6.07, 6.45) is 2.77. The zero-order valence-corrected chi connectivity index (χ0v) is 13.3. The van der Waals surface area contributed by atoms with Crippen LogP contribution in [0, 0.1) is 6.92 Å². The number of fused-ring (bicyclic) bond motifs is 1. The molecule has 0 unspecified atom stereocenters. The highest BCUT2D eigenvalue weighted by Crippen LogP contribution is 2.44. The summed E-state index contributed by atoms with van der Waals surface area (Å²) >= 11 is 12.2. The third kappa shape index (κ3) is 2.51. The predicted molar refractivity (Wildman–Crippen MR) is 87.7 cm³/mol. The Morgan fingerprint density at radius 3 is 2.73 bits per heavy atom. The van der Waals surface area contributed by atoms with Crippen molar-refractivity contribution in [2.24, 2.45) is 0 Å². The van der Waals surface area contributed by atoms with Gasteiger partial charge in [-0.3, -0.25) is 5.10 Å². The molecule has 2 heterocycles. The fourth-order valence-electron chi connectivity index (χ4n) is 2.74. The molecular formula is C15H13Cl2N5. The van der Waals surface area contributed by atoms with E-state index in [1.807, 2.05) is 19.1 Å². The Hall–Kier alpha value is -1.85. The maximum Gasteiger partial charge on any atom is 0.161 e. The van der Waals surface area contributed by atoms with Crippen LogP contribution in [0.25, 0.3) is 11.0 Å². The lowest BCUT2D eigenvalue weighted by Gasteiger charge is -2.07. The Bertz CT molecular complexity index is 840. The first kappa shape index (κ1) is 13.8. The van der Waals surface area contributed by atoms with Gasteiger partial charge in [-0.2, -0.15) is 5.10 Å². The molecule has 1 saturated carbocycles. The van der Waals surface area contributed by atoms with Gasteiger partial charge in [-0.15, -0.1) is 0 Å². The molecule has 112 valence electrons. The number of hydrogen-bond donors (Lipinski definition) is 2. The molecule has 0 aliphatic heterocycles. The van der Waals surface area contributed by atoms with E-state index in [0.29, 0.717) is 27.8 Å². The van der Waals surface area contributed by atoms with Gasteiger partial charge in [0.2, 0.25) is 0 Å². The van der Waals surface area contributed by atoms with E-state index in [9.17, 15) is 0 Å². The summed E-state index contributed by atoms with van der Waals surface area (Å²) < 4.78 is 0. The van der Waals surface area contributed by atoms with Crippen LogP contribution in [0.5, 0.6) is 0 Å². The standard InChI is InChI=1S/C15H13Cl2N5/c1-7-19-14(12-6-18-22-15(12)20-7)21-13-5-11(13)8-2-9(16)4-10(17)3-8/h2-4,6,11,13H,5H2,1H3,(H2,18,19,20,21,22)/t11-,13+/m0/s1. The van der Waals surface area contributed by atoms with Crippen molar-refractivity contribution in [1.82, 2.24) is 20.2 Å². The van der Waals surface area contributed by atoms with Crippen molar-refractivity contribution in [2.45, 2.75) is 25.3 Å². The molecule has 22 heavy (non-hydrogen) atoms. The second kappa shape index (κ2) is 5.11. The van der Waals surface area contributed by atoms with Crippen LogP contribution in [0.1, 0.15) is 23.7 Å². The molecule has 0 radical (unpaired) electrons. The number of aromatic amines is 1. The summed E-state index contributed by atoms with van der Waals surface area (Å²) in [5.74, 6) is 1.92. The first-order valence-electron chi connectivity index (χ1n) is 7.00. The van der Waals surface area contributed by atoms with Gasteiger partial charge >= 0.3 is 0 Å². The summed E-state index contributed by atoms with van der Waals surface area (Å²) in [7, 11) is 0. The third-order valence-corrected chi connectivity index (χ3v) is 4.28. The van der Waals surface area contributed by atoms with Crippen molar-refractivity contribution in [1.29, 1.82) is 0 Å². The lowest BCUT2D eigenvalue weighted by Crippen LogP contribution is -2.07. The molecule has 2 atom stereocenters. The van der Waals surface area contributed by atoms with E-state index in [1.165, 1.54) is 0 Å². The zero-order chi connectivity index (χ0) is 15.3. The lowest BCUT2D eigenvalue weighted by molar-refractivity contribution is 1.01. The average Bonchev–Trinajstić information content (AvgIpc) is 3.04. The summed E-state index contributed by atoms with van der Waals surface area (Å²) in [6.45, 7) is 1.87. The van der Waals surface area contributed by atoms with Crippen molar-refractivity contribution >= 4 is 40.1 Å². The number of rotatable bonds is 3. The van der Waals surface area contributed by atoms with E-state index in [-0.39, 0.29) is 0 Å². The van der Waals surface area contributed by atoms with Crippen molar-refractivity contribution in [2.75, 3.05) is 5.32 Å². The van der Waals surface area contributed by atoms with E-state index in [4.69, 9.17) is 23.2 Å². The van der Waals surface area contributed by atoms with Crippen LogP contribution in [0.3, 0.4) is 0 Å². The van der Waals surface area contributed by atoms with E-state index in [2.05, 4.69) is 25.5 Å². The highest BCUT2D eigenvalue weighted by atomic mass is 35.5. The minimum absolute atomic E-state index is 0.321. The summed E-state index contributed by atoms with van der Waals surface area (Å²) in [5.41, 5.74) is 1.90. The van der Waals surface area contributed by atoms with E-state index < -0.39 is 0 Å². The average molecular weight is 334 g/mol. The maximum absolute atomic E-state index is 6.08. The number of halogens is 2. The molecule has 2 aromatic heterocycles. The predicted octanol–water partition coefficient (Wildman–Crippen LogP) is 3.94. The number of anilines is 1. The van der Waals surface area contributed by atoms with Gasteiger partial charge in [-0.1, -0.05) is 23.2 Å². The summed E-state index contributed by atoms with van der Waals surface area (Å²) in [4.78, 5) is 8.80. The lowest BCUT2D eigenvalue weighted by atomic mass is 10.1. The quantitative estimate of drug-likeness (QED) is 0.761. The number of hydrogen-bond acceptors (Lipinski definition) is 4. The Labute approximate surface area is 137 Å². The Kier molecular flexibility index (Phi) is 3.20. The summed E-state index contributed by atoms with van der Waals surface area (Å²) in [6, 6.07) is 6.01. The van der Waals surface area contributed by atoms with Gasteiger partial charge in [0.25, 0.3) is 0 Å². The van der Waals surface area contributed by atoms with Gasteiger partial charge in [0.15, 0.2) is 5.65 Å². The summed E-state index contributed by atoms with van der Waals surface area (Å²) in [5, 5.41) is 12.6. The number of nitrogens with zero attached hydrogens (tertiary/aromatic N) is 3. The SMILES string of the molecule is Cc1nc(N[C@@H]2C[C@H]2c2cc(Cl)cc(Cl)c2)c2cn[nH]c2n1. The minimum atomic E-state index is 0.321. The molecule has 1 aromatic carbocycles. The number of H-pyrrole nitrogens is 1. The topological polar surface area (TPSA) is 66.5 Å². The van der Waals surface area contributed by atoms with Gasteiger partial charge < -0.3 is 5.32 Å². The second-order valence-corrected chi connectivity index (χ2v) is 6.42. The Balaban J connectivity index is 1.59. The van der Waals surface area contributed by atoms with Crippen molar-refractivity contribution in [3.8, 4) is 0 Å². The highest BCUT2D eigenvalue weighted by Gasteiger charge is 2.39. The number of nitrogens with one attached hydrogen (secondary N) is 2. The van der Waals surface area contributed by atoms with Gasteiger partial charge in [0.1, 0.15) is 11.6 Å². The molecule has 0 saturated heterocycles. The maximum atomic E-state index is 6.08. The number of benzene rings is 1. The molecule has 1 aliphatic carbocycles. The van der Waals surface area contributed by atoms with Gasteiger partial charge in [-0.25, -0.2) is 9.97 Å². The third-order valence-electron chi connectivity index (χ3n) is 3.85. The smallest absolute Gasteiger partial charge is 0.161 e. The second-order valence-electron chi connectivity index (χ2n) is 5.55. The first-order valence-corrected chi connectivity index (χ1v) is 7.76. The van der Waals surface area contributed by atoms with Crippen LogP contribution in [0.15, 0.2) is 24.4 Å². The molecule has 5 nitrogen and oxygen atoms in total. The van der Waals surface area contributed by atoms with Crippen LogP contribution in [0.2, 0.25) is 10.0 Å². The van der Waals surface area contributed by atoms with Gasteiger partial charge in [0, 0.05) is 22.0 Å². The van der Waals surface area contributed by atoms with Crippen LogP contribution in [-0.2, 0) is 0 Å². The van der Waals surface area contributed by atoms with E-state index in [1.54, 1.807) is 12.3 Å². The monoisotopic (exact) mass is 333 g/mol. The van der Waals surface area contributed by atoms with Crippen molar-refractivity contribution < 1.29 is 0 Å². The van der Waals surface area contributed by atoms with Crippen LogP contribution >= 0.6 is 23.2 Å². The molecule has 4 rings (SSSR count). The molecule has 2 N–H and O–H groups in total. The number of aromatic nitrogens is 4. The molecule has 0 spiro atoms. The van der Waals surface area contributed by atoms with Crippen molar-refractivity contribution in [3.63, 3.8) is 0 Å². The van der Waals surface area contributed by atoms with Crippen LogP contribution in [0.4, 0.5) is 5.82 Å². The molecule has 7 heteroatoms. The fourth-order valence-corrected chi connectivity index (χ4v) is 3.29. The zero-order valence-electron chi connectivity index (χ0n) is 11.8. The first-order chi connectivity index (χ1) is 10.6. The van der Waals surface area contributed by atoms with Gasteiger partial charge in [0.05, 0.1) is 11.6 Å². The van der Waals surface area contributed by atoms with Crippen LogP contribution in [-0.4, -0.2) is 26.2 Å². The fraction of sp³-hybridized carbons (Fsp3) is 0.267. The van der Waals surface area contributed by atoms with Crippen molar-refractivity contribution in [3.05, 3.63) is 45.8 Å². The van der Waals surface area contributed by atoms with Gasteiger partial charge in [-0.05, 0) is 37.1 Å². The molecular weight excluding hydrogens is 321 g/mol. The van der Waals surface area contributed by atoms with Crippen LogP contribution < -0.4 is 5.32 Å². The largest absolute Gasteiger partial charge is 0.366 e. The number of aryl methyl sites for hydroxylation is 1. The molecule has 1 aliphatic rings. The molecule has 0 amide bonds. The molecule has 3 aromatic rings. The Morgan fingerprint density at radius 2 is 1.95 bits per heavy atom. The van der Waals surface area contributed by atoms with E-state index in [0.717, 1.165) is 28.8 Å². The minimum Gasteiger partial charge on any atom is -0.366 e. The molecule has 1 fully saturated rings. The molecule has 0 bridgehead atoms. The normalized spacial score (nSPS) is 20.3. The van der Waals surface area contributed by atoms with E-state index >= 15 is 0 Å².